The van der Waals surface area contributed by atoms with Crippen LogP contribution in [0.3, 0.4) is 0 Å². The Labute approximate surface area is 173 Å². The second-order valence-corrected chi connectivity index (χ2v) is 14.2. The van der Waals surface area contributed by atoms with Gasteiger partial charge in [-0.2, -0.15) is 0 Å². The first-order valence-electron chi connectivity index (χ1n) is 8.36. The molecule has 26 heavy (non-hydrogen) atoms. The van der Waals surface area contributed by atoms with Gasteiger partial charge in [0.05, 0.1) is 7.11 Å². The standard InChI is InChI=1S/C18H27Br2NO4Si/c1-18(2,3)26(5,6)25-8-7-15(17(23)24-4)21-16(22)12-9-13(19)11-14(20)10-12/h9-11,15H,7-8H2,1-6H3,(H,21,22)/t15-/m0/s1. The Morgan fingerprint density at radius 1 is 1.15 bits per heavy atom. The van der Waals surface area contributed by atoms with Crippen LogP contribution in [0.25, 0.3) is 0 Å². The molecule has 1 aromatic carbocycles. The zero-order valence-electron chi connectivity index (χ0n) is 16.1. The number of ether oxygens (including phenoxy) is 1. The molecule has 0 saturated carbocycles. The monoisotopic (exact) mass is 507 g/mol. The van der Waals surface area contributed by atoms with Crippen molar-refractivity contribution in [1.29, 1.82) is 0 Å². The number of rotatable bonds is 7. The van der Waals surface area contributed by atoms with E-state index in [1.807, 2.05) is 6.07 Å². The minimum absolute atomic E-state index is 0.0829. The predicted octanol–water partition coefficient (Wildman–Crippen LogP) is 4.89. The number of amides is 1. The van der Waals surface area contributed by atoms with E-state index in [-0.39, 0.29) is 10.9 Å². The number of benzene rings is 1. The van der Waals surface area contributed by atoms with E-state index >= 15 is 0 Å². The summed E-state index contributed by atoms with van der Waals surface area (Å²) in [4.78, 5) is 24.6. The number of esters is 1. The summed E-state index contributed by atoms with van der Waals surface area (Å²) in [6.07, 6.45) is 0.361. The molecule has 0 aliphatic carbocycles. The third kappa shape index (κ3) is 6.79. The maximum absolute atomic E-state index is 12.5. The number of methoxy groups -OCH3 is 1. The molecule has 0 spiro atoms. The van der Waals surface area contributed by atoms with Crippen LogP contribution in [-0.2, 0) is 14.0 Å². The van der Waals surface area contributed by atoms with Crippen molar-refractivity contribution >= 4 is 52.1 Å². The number of hydrogen-bond donors (Lipinski definition) is 1. The molecule has 1 amide bonds. The average Bonchev–Trinajstić information content (AvgIpc) is 2.50. The first-order valence-corrected chi connectivity index (χ1v) is 12.9. The molecule has 0 heterocycles. The molecule has 146 valence electrons. The van der Waals surface area contributed by atoms with Crippen LogP contribution in [0.1, 0.15) is 37.6 Å². The Kier molecular flexibility index (Phi) is 8.51. The van der Waals surface area contributed by atoms with Gasteiger partial charge in [0.2, 0.25) is 0 Å². The quantitative estimate of drug-likeness (QED) is 0.420. The summed E-state index contributed by atoms with van der Waals surface area (Å²) < 4.78 is 12.5. The lowest BCUT2D eigenvalue weighted by molar-refractivity contribution is -0.143. The van der Waals surface area contributed by atoms with Crippen molar-refractivity contribution in [3.8, 4) is 0 Å². The molecule has 0 aliphatic rings. The summed E-state index contributed by atoms with van der Waals surface area (Å²) in [5, 5.41) is 2.83. The van der Waals surface area contributed by atoms with Crippen molar-refractivity contribution < 1.29 is 18.8 Å². The van der Waals surface area contributed by atoms with Gasteiger partial charge in [-0.3, -0.25) is 4.79 Å². The Bertz CT molecular complexity index is 639. The van der Waals surface area contributed by atoms with Crippen LogP contribution in [0.2, 0.25) is 18.1 Å². The van der Waals surface area contributed by atoms with Crippen molar-refractivity contribution in [2.75, 3.05) is 13.7 Å². The van der Waals surface area contributed by atoms with Crippen molar-refractivity contribution in [2.24, 2.45) is 0 Å². The maximum atomic E-state index is 12.5. The van der Waals surface area contributed by atoms with Crippen LogP contribution in [-0.4, -0.2) is 40.0 Å². The van der Waals surface area contributed by atoms with Gasteiger partial charge in [0.15, 0.2) is 8.32 Å². The third-order valence-corrected chi connectivity index (χ3v) is 10.0. The summed E-state index contributed by atoms with van der Waals surface area (Å²) in [5.41, 5.74) is 0.450. The molecule has 0 saturated heterocycles. The molecule has 0 radical (unpaired) electrons. The van der Waals surface area contributed by atoms with Gasteiger partial charge in [-0.1, -0.05) is 52.6 Å². The van der Waals surface area contributed by atoms with Gasteiger partial charge in [0, 0.05) is 27.5 Å². The van der Waals surface area contributed by atoms with Gasteiger partial charge in [0.1, 0.15) is 6.04 Å². The minimum atomic E-state index is -1.91. The third-order valence-electron chi connectivity index (χ3n) is 4.59. The molecule has 1 N–H and O–H groups in total. The predicted molar refractivity (Wildman–Crippen MR) is 113 cm³/mol. The molecule has 0 bridgehead atoms. The van der Waals surface area contributed by atoms with Gasteiger partial charge in [-0.15, -0.1) is 0 Å². The Morgan fingerprint density at radius 3 is 2.15 bits per heavy atom. The van der Waals surface area contributed by atoms with Crippen molar-refractivity contribution in [2.45, 2.75) is 51.4 Å². The second kappa shape index (κ2) is 9.48. The van der Waals surface area contributed by atoms with Crippen LogP contribution in [0, 0.1) is 0 Å². The van der Waals surface area contributed by atoms with E-state index in [1.54, 1.807) is 12.1 Å². The summed E-state index contributed by atoms with van der Waals surface area (Å²) in [6, 6.07) is 4.47. The summed E-state index contributed by atoms with van der Waals surface area (Å²) in [7, 11) is -0.601. The van der Waals surface area contributed by atoms with E-state index in [0.29, 0.717) is 18.6 Å². The van der Waals surface area contributed by atoms with Gasteiger partial charge < -0.3 is 14.5 Å². The number of nitrogens with one attached hydrogen (secondary N) is 1. The van der Waals surface area contributed by atoms with Crippen LogP contribution < -0.4 is 5.32 Å². The zero-order chi connectivity index (χ0) is 20.1. The molecule has 0 unspecified atom stereocenters. The highest BCUT2D eigenvalue weighted by Gasteiger charge is 2.37. The van der Waals surface area contributed by atoms with E-state index in [9.17, 15) is 9.59 Å². The fourth-order valence-corrected chi connectivity index (χ4v) is 4.32. The van der Waals surface area contributed by atoms with Gasteiger partial charge in [-0.05, 0) is 36.3 Å². The lowest BCUT2D eigenvalue weighted by Gasteiger charge is -2.36. The number of carbonyl (C=O) groups excluding carboxylic acids is 2. The average molecular weight is 509 g/mol. The number of carbonyl (C=O) groups is 2. The van der Waals surface area contributed by atoms with Crippen LogP contribution in [0.15, 0.2) is 27.1 Å². The highest BCUT2D eigenvalue weighted by Crippen LogP contribution is 2.36. The highest BCUT2D eigenvalue weighted by atomic mass is 79.9. The lowest BCUT2D eigenvalue weighted by atomic mass is 10.1. The van der Waals surface area contributed by atoms with E-state index in [4.69, 9.17) is 9.16 Å². The number of hydrogen-bond acceptors (Lipinski definition) is 4. The Hall–Kier alpha value is -0.703. The van der Waals surface area contributed by atoms with E-state index in [2.05, 4.69) is 71.0 Å². The van der Waals surface area contributed by atoms with Crippen molar-refractivity contribution in [3.05, 3.63) is 32.7 Å². The second-order valence-electron chi connectivity index (χ2n) is 7.60. The van der Waals surface area contributed by atoms with E-state index in [0.717, 1.165) is 8.95 Å². The van der Waals surface area contributed by atoms with Crippen molar-refractivity contribution in [3.63, 3.8) is 0 Å². The van der Waals surface area contributed by atoms with Gasteiger partial charge in [-0.25, -0.2) is 4.79 Å². The van der Waals surface area contributed by atoms with Crippen LogP contribution in [0.4, 0.5) is 0 Å². The fourth-order valence-electron chi connectivity index (χ4n) is 1.97. The fraction of sp³-hybridized carbons (Fsp3) is 0.556. The van der Waals surface area contributed by atoms with Crippen LogP contribution in [0.5, 0.6) is 0 Å². The molecular formula is C18H27Br2NO4Si. The summed E-state index contributed by atoms with van der Waals surface area (Å²) in [6.45, 7) is 11.2. The molecule has 0 aliphatic heterocycles. The SMILES string of the molecule is COC(=O)[C@H](CCO[Si](C)(C)C(C)(C)C)NC(=O)c1cc(Br)cc(Br)c1. The lowest BCUT2D eigenvalue weighted by Crippen LogP contribution is -2.45. The molecule has 1 atom stereocenters. The van der Waals surface area contributed by atoms with E-state index < -0.39 is 20.3 Å². The maximum Gasteiger partial charge on any atom is 0.328 e. The number of halogens is 2. The van der Waals surface area contributed by atoms with Gasteiger partial charge >= 0.3 is 5.97 Å². The first kappa shape index (κ1) is 23.3. The highest BCUT2D eigenvalue weighted by molar-refractivity contribution is 9.11. The Balaban J connectivity index is 2.79. The van der Waals surface area contributed by atoms with E-state index in [1.165, 1.54) is 7.11 Å². The van der Waals surface area contributed by atoms with Gasteiger partial charge in [0.25, 0.3) is 5.91 Å². The molecular weight excluding hydrogens is 482 g/mol. The largest absolute Gasteiger partial charge is 0.467 e. The topological polar surface area (TPSA) is 64.6 Å². The molecule has 1 aromatic rings. The first-order chi connectivity index (χ1) is 11.9. The summed E-state index contributed by atoms with van der Waals surface area (Å²) in [5.74, 6) is -0.819. The molecule has 8 heteroatoms. The normalized spacial score (nSPS) is 13.2. The molecule has 1 rings (SSSR count). The van der Waals surface area contributed by atoms with Crippen molar-refractivity contribution in [1.82, 2.24) is 5.32 Å². The molecule has 0 aromatic heterocycles. The van der Waals surface area contributed by atoms with Crippen LogP contribution >= 0.6 is 31.9 Å². The smallest absolute Gasteiger partial charge is 0.328 e. The molecule has 5 nitrogen and oxygen atoms in total. The Morgan fingerprint density at radius 2 is 1.69 bits per heavy atom. The molecule has 0 fully saturated rings. The minimum Gasteiger partial charge on any atom is -0.467 e. The zero-order valence-corrected chi connectivity index (χ0v) is 20.3. The summed E-state index contributed by atoms with van der Waals surface area (Å²) >= 11 is 6.71.